The van der Waals surface area contributed by atoms with Gasteiger partial charge in [-0.15, -0.1) is 0 Å². The number of amides is 1. The lowest BCUT2D eigenvalue weighted by molar-refractivity contribution is 0.209. The molecule has 9 nitrogen and oxygen atoms in total. The Labute approximate surface area is 166 Å². The number of rotatable bonds is 7. The van der Waals surface area contributed by atoms with Gasteiger partial charge in [0, 0.05) is 11.1 Å². The van der Waals surface area contributed by atoms with Crippen LogP contribution < -0.4 is 24.3 Å². The number of ether oxygens (including phenoxy) is 4. The third-order valence-electron chi connectivity index (χ3n) is 4.25. The van der Waals surface area contributed by atoms with Crippen LogP contribution in [0.4, 0.5) is 10.5 Å². The van der Waals surface area contributed by atoms with E-state index >= 15 is 0 Å². The molecule has 0 aliphatic rings. The van der Waals surface area contributed by atoms with Crippen LogP contribution in [-0.2, 0) is 0 Å². The molecule has 2 aromatic carbocycles. The Hall–Kier alpha value is -3.88. The lowest BCUT2D eigenvalue weighted by Crippen LogP contribution is -2.08. The van der Waals surface area contributed by atoms with Gasteiger partial charge in [-0.2, -0.15) is 0 Å². The van der Waals surface area contributed by atoms with Crippen molar-refractivity contribution in [1.29, 1.82) is 0 Å². The fourth-order valence-electron chi connectivity index (χ4n) is 2.95. The number of methoxy groups -OCH3 is 4. The number of carbonyl (C=O) groups is 1. The molecular formula is C20H20N2O7. The molecule has 29 heavy (non-hydrogen) atoms. The van der Waals surface area contributed by atoms with Crippen LogP contribution in [0.25, 0.3) is 22.5 Å². The summed E-state index contributed by atoms with van der Waals surface area (Å²) >= 11 is 0. The number of carboxylic acid groups (broad SMARTS) is 1. The molecule has 0 radical (unpaired) electrons. The van der Waals surface area contributed by atoms with Gasteiger partial charge in [-0.3, -0.25) is 5.32 Å². The third kappa shape index (κ3) is 3.88. The SMILES string of the molecule is COc1ccc(-c2cnoc2-c2cc(OC)c(OC)c(OC)c2)cc1NC(=O)O. The van der Waals surface area contributed by atoms with Crippen molar-refractivity contribution < 1.29 is 33.4 Å². The van der Waals surface area contributed by atoms with Gasteiger partial charge >= 0.3 is 6.09 Å². The molecule has 1 aromatic heterocycles. The van der Waals surface area contributed by atoms with Crippen molar-refractivity contribution in [3.8, 4) is 45.4 Å². The molecule has 2 N–H and O–H groups in total. The van der Waals surface area contributed by atoms with E-state index in [-0.39, 0.29) is 0 Å². The maximum Gasteiger partial charge on any atom is 0.409 e. The first-order chi connectivity index (χ1) is 14.0. The molecule has 0 spiro atoms. The number of nitrogens with one attached hydrogen (secondary N) is 1. The second kappa shape index (κ2) is 8.42. The summed E-state index contributed by atoms with van der Waals surface area (Å²) in [6, 6.07) is 8.56. The molecule has 152 valence electrons. The maximum atomic E-state index is 11.1. The van der Waals surface area contributed by atoms with E-state index in [0.29, 0.717) is 51.1 Å². The van der Waals surface area contributed by atoms with Crippen LogP contribution in [0.5, 0.6) is 23.0 Å². The summed E-state index contributed by atoms with van der Waals surface area (Å²) in [6.07, 6.45) is 0.348. The molecule has 3 rings (SSSR count). The Morgan fingerprint density at radius 3 is 2.14 bits per heavy atom. The van der Waals surface area contributed by atoms with E-state index < -0.39 is 6.09 Å². The van der Waals surface area contributed by atoms with E-state index in [0.717, 1.165) is 0 Å². The second-order valence-corrected chi connectivity index (χ2v) is 5.83. The van der Waals surface area contributed by atoms with Crippen LogP contribution in [-0.4, -0.2) is 44.8 Å². The van der Waals surface area contributed by atoms with Gasteiger partial charge in [-0.1, -0.05) is 11.2 Å². The van der Waals surface area contributed by atoms with Gasteiger partial charge in [0.15, 0.2) is 17.3 Å². The fraction of sp³-hybridized carbons (Fsp3) is 0.200. The van der Waals surface area contributed by atoms with Crippen molar-refractivity contribution >= 4 is 11.8 Å². The van der Waals surface area contributed by atoms with Gasteiger partial charge in [-0.25, -0.2) is 4.79 Å². The quantitative estimate of drug-likeness (QED) is 0.609. The second-order valence-electron chi connectivity index (χ2n) is 5.83. The lowest BCUT2D eigenvalue weighted by atomic mass is 10.0. The first kappa shape index (κ1) is 19.9. The van der Waals surface area contributed by atoms with Crippen LogP contribution in [0.2, 0.25) is 0 Å². The first-order valence-electron chi connectivity index (χ1n) is 8.45. The Morgan fingerprint density at radius 1 is 0.931 bits per heavy atom. The summed E-state index contributed by atoms with van der Waals surface area (Å²) in [5.74, 6) is 2.23. The molecule has 0 fully saturated rings. The molecule has 3 aromatic rings. The van der Waals surface area contributed by atoms with Crippen LogP contribution >= 0.6 is 0 Å². The molecule has 1 amide bonds. The molecule has 0 unspecified atom stereocenters. The summed E-state index contributed by atoms with van der Waals surface area (Å²) in [6.45, 7) is 0. The average molecular weight is 400 g/mol. The van der Waals surface area contributed by atoms with Gasteiger partial charge in [-0.05, 0) is 29.8 Å². The predicted molar refractivity (Wildman–Crippen MR) is 105 cm³/mol. The van der Waals surface area contributed by atoms with Crippen molar-refractivity contribution in [2.24, 2.45) is 0 Å². The minimum Gasteiger partial charge on any atom is -0.495 e. The minimum atomic E-state index is -1.20. The van der Waals surface area contributed by atoms with E-state index in [1.165, 1.54) is 28.4 Å². The Morgan fingerprint density at radius 2 is 1.59 bits per heavy atom. The number of hydrogen-bond acceptors (Lipinski definition) is 7. The lowest BCUT2D eigenvalue weighted by Gasteiger charge is -2.14. The van der Waals surface area contributed by atoms with Crippen LogP contribution in [0.15, 0.2) is 41.1 Å². The van der Waals surface area contributed by atoms with Crippen molar-refractivity contribution in [2.45, 2.75) is 0 Å². The Bertz CT molecular complexity index is 1000. The van der Waals surface area contributed by atoms with Gasteiger partial charge in [0.05, 0.1) is 40.3 Å². The summed E-state index contributed by atoms with van der Waals surface area (Å²) < 4.78 is 26.8. The highest BCUT2D eigenvalue weighted by atomic mass is 16.5. The zero-order valence-electron chi connectivity index (χ0n) is 16.3. The van der Waals surface area contributed by atoms with E-state index in [9.17, 15) is 4.79 Å². The third-order valence-corrected chi connectivity index (χ3v) is 4.25. The molecule has 1 heterocycles. The highest BCUT2D eigenvalue weighted by molar-refractivity contribution is 5.89. The molecule has 0 aliphatic carbocycles. The molecule has 0 aliphatic heterocycles. The van der Waals surface area contributed by atoms with Crippen molar-refractivity contribution in [1.82, 2.24) is 5.16 Å². The smallest absolute Gasteiger partial charge is 0.409 e. The van der Waals surface area contributed by atoms with E-state index in [1.54, 1.807) is 36.5 Å². The van der Waals surface area contributed by atoms with Crippen molar-refractivity contribution in [3.63, 3.8) is 0 Å². The monoisotopic (exact) mass is 400 g/mol. The molecule has 0 atom stereocenters. The highest BCUT2D eigenvalue weighted by Gasteiger charge is 2.20. The van der Waals surface area contributed by atoms with Gasteiger partial charge in [0.1, 0.15) is 5.75 Å². The van der Waals surface area contributed by atoms with E-state index in [2.05, 4.69) is 10.5 Å². The number of anilines is 1. The summed E-state index contributed by atoms with van der Waals surface area (Å²) in [7, 11) is 6.03. The van der Waals surface area contributed by atoms with Crippen molar-refractivity contribution in [2.75, 3.05) is 33.8 Å². The van der Waals surface area contributed by atoms with Gasteiger partial charge in [0.2, 0.25) is 5.75 Å². The van der Waals surface area contributed by atoms with Crippen LogP contribution in [0.3, 0.4) is 0 Å². The van der Waals surface area contributed by atoms with Crippen LogP contribution in [0, 0.1) is 0 Å². The number of hydrogen-bond donors (Lipinski definition) is 2. The van der Waals surface area contributed by atoms with Gasteiger partial charge in [0.25, 0.3) is 0 Å². The molecule has 0 bridgehead atoms. The summed E-state index contributed by atoms with van der Waals surface area (Å²) in [4.78, 5) is 11.1. The van der Waals surface area contributed by atoms with Crippen LogP contribution in [0.1, 0.15) is 0 Å². The van der Waals surface area contributed by atoms with Crippen molar-refractivity contribution in [3.05, 3.63) is 36.5 Å². The Balaban J connectivity index is 2.12. The number of aromatic nitrogens is 1. The zero-order valence-corrected chi connectivity index (χ0v) is 16.3. The molecule has 0 saturated carbocycles. The average Bonchev–Trinajstić information content (AvgIpc) is 3.22. The highest BCUT2D eigenvalue weighted by Crippen LogP contribution is 2.43. The number of nitrogens with zero attached hydrogens (tertiary/aromatic N) is 1. The summed E-state index contributed by atoms with van der Waals surface area (Å²) in [5, 5.41) is 15.3. The zero-order chi connectivity index (χ0) is 21.0. The predicted octanol–water partition coefficient (Wildman–Crippen LogP) is 4.13. The maximum absolute atomic E-state index is 11.1. The minimum absolute atomic E-state index is 0.301. The molecular weight excluding hydrogens is 380 g/mol. The van der Waals surface area contributed by atoms with Gasteiger partial charge < -0.3 is 28.6 Å². The normalized spacial score (nSPS) is 10.3. The molecule has 0 saturated heterocycles. The largest absolute Gasteiger partial charge is 0.495 e. The fourth-order valence-corrected chi connectivity index (χ4v) is 2.95. The number of benzene rings is 2. The molecule has 9 heteroatoms. The standard InChI is InChI=1S/C20H20N2O7/c1-25-15-6-5-11(7-14(15)22-20(23)24)13-10-21-29-18(13)12-8-16(26-2)19(28-4)17(9-12)27-3/h5-10,22H,1-4H3,(H,23,24). The first-order valence-corrected chi connectivity index (χ1v) is 8.45. The van der Waals surface area contributed by atoms with E-state index in [1.807, 2.05) is 0 Å². The van der Waals surface area contributed by atoms with E-state index in [4.69, 9.17) is 28.6 Å². The summed E-state index contributed by atoms with van der Waals surface area (Å²) in [5.41, 5.74) is 2.28. The Kier molecular flexibility index (Phi) is 5.77. The topological polar surface area (TPSA) is 112 Å².